The molecule has 0 saturated carbocycles. The van der Waals surface area contributed by atoms with Gasteiger partial charge in [0.15, 0.2) is 0 Å². The van der Waals surface area contributed by atoms with E-state index in [0.29, 0.717) is 5.82 Å². The maximum atomic E-state index is 13.9. The first-order chi connectivity index (χ1) is 10.8. The maximum absolute atomic E-state index is 13.9. The molecule has 118 valence electrons. The number of halogens is 1. The summed E-state index contributed by atoms with van der Waals surface area (Å²) in [6, 6.07) is 8.02. The highest BCUT2D eigenvalue weighted by Gasteiger charge is 2.20. The van der Waals surface area contributed by atoms with Gasteiger partial charge in [0.1, 0.15) is 11.5 Å². The minimum absolute atomic E-state index is 0.284. The zero-order valence-electron chi connectivity index (χ0n) is 13.5. The Balaban J connectivity index is 1.98. The molecule has 0 amide bonds. The summed E-state index contributed by atoms with van der Waals surface area (Å²) in [5, 5.41) is 4.98. The normalized spacial score (nSPS) is 11.7. The summed E-state index contributed by atoms with van der Waals surface area (Å²) in [5.74, 6) is 0.579. The first kappa shape index (κ1) is 15.2. The van der Waals surface area contributed by atoms with Crippen molar-refractivity contribution >= 4 is 16.6 Å². The Bertz CT molecular complexity index is 874. The molecule has 3 rings (SSSR count). The van der Waals surface area contributed by atoms with E-state index in [1.165, 1.54) is 13.8 Å². The lowest BCUT2D eigenvalue weighted by molar-refractivity contribution is 0.271. The minimum atomic E-state index is -1.51. The highest BCUT2D eigenvalue weighted by atomic mass is 19.1. The molecule has 0 radical (unpaired) electrons. The number of hydrogen-bond acceptors (Lipinski definition) is 3. The van der Waals surface area contributed by atoms with Crippen LogP contribution in [-0.4, -0.2) is 20.2 Å². The molecule has 3 aromatic rings. The first-order valence-corrected chi connectivity index (χ1v) is 7.36. The summed E-state index contributed by atoms with van der Waals surface area (Å²) >= 11 is 0. The molecule has 1 N–H and O–H groups in total. The summed E-state index contributed by atoms with van der Waals surface area (Å²) in [5.41, 5.74) is 0.881. The quantitative estimate of drug-likeness (QED) is 0.781. The van der Waals surface area contributed by atoms with Crippen LogP contribution in [0.25, 0.3) is 22.0 Å². The van der Waals surface area contributed by atoms with Crippen molar-refractivity contribution in [1.29, 1.82) is 0 Å². The van der Waals surface area contributed by atoms with Gasteiger partial charge in [-0.2, -0.15) is 0 Å². The molecule has 0 fully saturated rings. The number of hydrogen-bond donors (Lipinski definition) is 1. The zero-order chi connectivity index (χ0) is 16.6. The third-order valence-electron chi connectivity index (χ3n) is 3.83. The Hall–Kier alpha value is -2.69. The minimum Gasteiger partial charge on any atom is -0.341 e. The molecular weight excluding hydrogens is 291 g/mol. The number of nitrogens with one attached hydrogen (secondary N) is 1. The van der Waals surface area contributed by atoms with Gasteiger partial charge in [0.05, 0.1) is 18.2 Å². The molecule has 4 nitrogen and oxygen atoms in total. The van der Waals surface area contributed by atoms with E-state index >= 15 is 0 Å². The molecule has 23 heavy (non-hydrogen) atoms. The molecule has 0 aliphatic rings. The average molecular weight is 310 g/mol. The van der Waals surface area contributed by atoms with E-state index in [1.807, 2.05) is 36.0 Å². The third-order valence-corrected chi connectivity index (χ3v) is 3.83. The number of anilines is 1. The van der Waals surface area contributed by atoms with Crippen molar-refractivity contribution in [2.75, 3.05) is 5.32 Å². The summed E-state index contributed by atoms with van der Waals surface area (Å²) in [6.45, 7) is 6.66. The van der Waals surface area contributed by atoms with Gasteiger partial charge in [-0.3, -0.25) is 0 Å². The summed E-state index contributed by atoms with van der Waals surface area (Å²) < 4.78 is 15.8. The fraction of sp³-hybridized carbons (Fsp3) is 0.222. The van der Waals surface area contributed by atoms with Gasteiger partial charge in [-0.15, -0.1) is 0 Å². The number of imidazole rings is 1. The van der Waals surface area contributed by atoms with Crippen molar-refractivity contribution in [1.82, 2.24) is 14.5 Å². The fourth-order valence-electron chi connectivity index (χ4n) is 2.31. The molecule has 0 atom stereocenters. The number of benzene rings is 1. The van der Waals surface area contributed by atoms with Crippen molar-refractivity contribution in [2.45, 2.75) is 19.5 Å². The summed E-state index contributed by atoms with van der Waals surface area (Å²) in [6.07, 6.45) is 5.37. The number of fused-ring (bicyclic) bond motifs is 1. The lowest BCUT2D eigenvalue weighted by atomic mass is 10.1. The molecule has 0 saturated heterocycles. The molecule has 5 heteroatoms. The Morgan fingerprint density at radius 3 is 2.65 bits per heavy atom. The van der Waals surface area contributed by atoms with Crippen LogP contribution in [0.5, 0.6) is 0 Å². The Morgan fingerprint density at radius 1 is 1.22 bits per heavy atom. The lowest BCUT2D eigenvalue weighted by Gasteiger charge is -2.19. The highest BCUT2D eigenvalue weighted by molar-refractivity contribution is 5.88. The van der Waals surface area contributed by atoms with E-state index in [2.05, 4.69) is 27.9 Å². The molecular formula is C18H19FN4. The maximum Gasteiger partial charge on any atom is 0.144 e. The molecule has 1 aromatic carbocycles. The van der Waals surface area contributed by atoms with Crippen molar-refractivity contribution in [3.63, 3.8) is 0 Å². The van der Waals surface area contributed by atoms with Gasteiger partial charge in [-0.1, -0.05) is 18.7 Å². The second kappa shape index (κ2) is 5.50. The van der Waals surface area contributed by atoms with Gasteiger partial charge in [-0.25, -0.2) is 14.4 Å². The third kappa shape index (κ3) is 3.08. The predicted molar refractivity (Wildman–Crippen MR) is 91.9 cm³/mol. The highest BCUT2D eigenvalue weighted by Crippen LogP contribution is 2.26. The fourth-order valence-corrected chi connectivity index (χ4v) is 2.31. The number of nitrogens with zero attached hydrogens (tertiary/aromatic N) is 3. The van der Waals surface area contributed by atoms with Crippen molar-refractivity contribution < 1.29 is 4.39 Å². The van der Waals surface area contributed by atoms with Crippen LogP contribution in [0.1, 0.15) is 13.8 Å². The number of pyridine rings is 1. The smallest absolute Gasteiger partial charge is 0.144 e. The summed E-state index contributed by atoms with van der Waals surface area (Å²) in [7, 11) is 1.96. The SMILES string of the molecule is C=C(Nc1cc2cc(-c3cncn3C)ccc2cn1)C(C)(C)F. The van der Waals surface area contributed by atoms with E-state index in [4.69, 9.17) is 0 Å². The standard InChI is InChI=1S/C18H19FN4/c1-12(18(2,3)19)22-17-8-15-7-13(5-6-14(15)9-21-17)16-10-20-11-23(16)4/h5-11H,1H2,2-4H3,(H,21,22). The Labute approximate surface area is 134 Å². The molecule has 2 heterocycles. The van der Waals surface area contributed by atoms with Crippen LogP contribution in [0, 0.1) is 0 Å². The van der Waals surface area contributed by atoms with E-state index < -0.39 is 5.67 Å². The Morgan fingerprint density at radius 2 is 2.00 bits per heavy atom. The van der Waals surface area contributed by atoms with Crippen molar-refractivity contribution in [2.24, 2.45) is 7.05 Å². The van der Waals surface area contributed by atoms with Crippen LogP contribution in [-0.2, 0) is 7.05 Å². The van der Waals surface area contributed by atoms with Crippen molar-refractivity contribution in [3.05, 3.63) is 55.3 Å². The van der Waals surface area contributed by atoms with Gasteiger partial charge >= 0.3 is 0 Å². The van der Waals surface area contributed by atoms with E-state index in [0.717, 1.165) is 22.0 Å². The van der Waals surface area contributed by atoms with Crippen LogP contribution in [0.4, 0.5) is 10.2 Å². The molecule has 2 aromatic heterocycles. The lowest BCUT2D eigenvalue weighted by Crippen LogP contribution is -2.21. The zero-order valence-corrected chi connectivity index (χ0v) is 13.5. The van der Waals surface area contributed by atoms with E-state index in [1.54, 1.807) is 12.5 Å². The Kier molecular flexibility index (Phi) is 3.64. The van der Waals surface area contributed by atoms with Gasteiger partial charge in [0.25, 0.3) is 0 Å². The number of aromatic nitrogens is 3. The van der Waals surface area contributed by atoms with Gasteiger partial charge in [0.2, 0.25) is 0 Å². The van der Waals surface area contributed by atoms with Crippen LogP contribution in [0.2, 0.25) is 0 Å². The number of rotatable bonds is 4. The van der Waals surface area contributed by atoms with Crippen LogP contribution >= 0.6 is 0 Å². The van der Waals surface area contributed by atoms with E-state index in [-0.39, 0.29) is 5.70 Å². The molecule has 0 spiro atoms. The van der Waals surface area contributed by atoms with Crippen molar-refractivity contribution in [3.8, 4) is 11.3 Å². The van der Waals surface area contributed by atoms with Crippen LogP contribution in [0.3, 0.4) is 0 Å². The van der Waals surface area contributed by atoms with Gasteiger partial charge < -0.3 is 9.88 Å². The van der Waals surface area contributed by atoms with Crippen LogP contribution < -0.4 is 5.32 Å². The number of allylic oxidation sites excluding steroid dienone is 1. The first-order valence-electron chi connectivity index (χ1n) is 7.36. The number of aryl methyl sites for hydroxylation is 1. The van der Waals surface area contributed by atoms with Gasteiger partial charge in [-0.05, 0) is 31.4 Å². The van der Waals surface area contributed by atoms with Gasteiger partial charge in [0, 0.05) is 29.9 Å². The largest absolute Gasteiger partial charge is 0.341 e. The molecule has 0 unspecified atom stereocenters. The second-order valence-electron chi connectivity index (χ2n) is 6.10. The van der Waals surface area contributed by atoms with Crippen LogP contribution in [0.15, 0.2) is 55.3 Å². The monoisotopic (exact) mass is 310 g/mol. The van der Waals surface area contributed by atoms with E-state index in [9.17, 15) is 4.39 Å². The predicted octanol–water partition coefficient (Wildman–Crippen LogP) is 4.31. The summed E-state index contributed by atoms with van der Waals surface area (Å²) in [4.78, 5) is 8.46. The molecule has 0 aliphatic carbocycles. The average Bonchev–Trinajstić information content (AvgIpc) is 2.91. The topological polar surface area (TPSA) is 42.7 Å². The molecule has 0 bridgehead atoms. The molecule has 0 aliphatic heterocycles. The second-order valence-corrected chi connectivity index (χ2v) is 6.10. The number of alkyl halides is 1.